The van der Waals surface area contributed by atoms with Gasteiger partial charge in [-0.2, -0.15) is 13.2 Å². The van der Waals surface area contributed by atoms with Crippen molar-refractivity contribution in [3.8, 4) is 11.5 Å². The summed E-state index contributed by atoms with van der Waals surface area (Å²) in [5, 5.41) is 0. The molecular formula is C19H23F3N2O5. The molecule has 1 fully saturated rings. The molecule has 2 rings (SSSR count). The van der Waals surface area contributed by atoms with Crippen molar-refractivity contribution < 1.29 is 37.0 Å². The van der Waals surface area contributed by atoms with Gasteiger partial charge in [0.15, 0.2) is 11.5 Å². The summed E-state index contributed by atoms with van der Waals surface area (Å²) in [6.45, 7) is 1.05. The molecule has 1 saturated heterocycles. The summed E-state index contributed by atoms with van der Waals surface area (Å²) in [7, 11) is 3.04. The number of amides is 1. The van der Waals surface area contributed by atoms with Crippen LogP contribution >= 0.6 is 0 Å². The smallest absolute Gasteiger partial charge is 0.471 e. The maximum absolute atomic E-state index is 12.4. The first kappa shape index (κ1) is 22.5. The lowest BCUT2D eigenvalue weighted by molar-refractivity contribution is -0.187. The van der Waals surface area contributed by atoms with Crippen molar-refractivity contribution in [2.24, 2.45) is 0 Å². The topological polar surface area (TPSA) is 68.3 Å². The third-order valence-electron chi connectivity index (χ3n) is 4.37. The molecule has 0 radical (unpaired) electrons. The SMILES string of the molecule is COc1ccc(/C=C/C(=O)OCCN2CCN(C(=O)C(F)(F)F)CC2)cc1OC. The fraction of sp³-hybridized carbons (Fsp3) is 0.474. The van der Waals surface area contributed by atoms with E-state index in [4.69, 9.17) is 14.2 Å². The third-order valence-corrected chi connectivity index (χ3v) is 4.37. The first-order chi connectivity index (χ1) is 13.7. The minimum Gasteiger partial charge on any atom is -0.493 e. The molecule has 0 aromatic heterocycles. The van der Waals surface area contributed by atoms with Crippen LogP contribution in [0.15, 0.2) is 24.3 Å². The Hall–Kier alpha value is -2.75. The van der Waals surface area contributed by atoms with Crippen LogP contribution in [0.5, 0.6) is 11.5 Å². The second kappa shape index (κ2) is 10.1. The van der Waals surface area contributed by atoms with Gasteiger partial charge in [-0.1, -0.05) is 6.07 Å². The number of nitrogens with zero attached hydrogens (tertiary/aromatic N) is 2. The molecular weight excluding hydrogens is 393 g/mol. The maximum Gasteiger partial charge on any atom is 0.471 e. The predicted molar refractivity (Wildman–Crippen MR) is 98.6 cm³/mol. The van der Waals surface area contributed by atoms with Gasteiger partial charge in [-0.05, 0) is 23.8 Å². The molecule has 1 aromatic carbocycles. The molecule has 1 aromatic rings. The zero-order valence-corrected chi connectivity index (χ0v) is 16.2. The van der Waals surface area contributed by atoms with Crippen LogP contribution in [-0.2, 0) is 14.3 Å². The van der Waals surface area contributed by atoms with Crippen LogP contribution in [0, 0.1) is 0 Å². The van der Waals surface area contributed by atoms with E-state index < -0.39 is 18.1 Å². The number of benzene rings is 1. The monoisotopic (exact) mass is 416 g/mol. The van der Waals surface area contributed by atoms with E-state index in [1.165, 1.54) is 20.3 Å². The second-order valence-corrected chi connectivity index (χ2v) is 6.25. The van der Waals surface area contributed by atoms with Crippen molar-refractivity contribution in [3.05, 3.63) is 29.8 Å². The minimum atomic E-state index is -4.85. The Balaban J connectivity index is 1.73. The van der Waals surface area contributed by atoms with Gasteiger partial charge < -0.3 is 19.1 Å². The van der Waals surface area contributed by atoms with Gasteiger partial charge in [-0.3, -0.25) is 9.69 Å². The standard InChI is InChI=1S/C19H23F3N2O5/c1-27-15-5-3-14(13-16(15)28-2)4-6-17(25)29-12-11-23-7-9-24(10-8-23)18(26)19(20,21)22/h3-6,13H,7-12H2,1-2H3/b6-4+. The highest BCUT2D eigenvalue weighted by Gasteiger charge is 2.43. The highest BCUT2D eigenvalue weighted by Crippen LogP contribution is 2.28. The summed E-state index contributed by atoms with van der Waals surface area (Å²) < 4.78 is 52.7. The Morgan fingerprint density at radius 3 is 2.31 bits per heavy atom. The molecule has 0 spiro atoms. The number of hydrogen-bond acceptors (Lipinski definition) is 6. The van der Waals surface area contributed by atoms with Gasteiger partial charge in [0.05, 0.1) is 14.2 Å². The van der Waals surface area contributed by atoms with Crippen LogP contribution < -0.4 is 9.47 Å². The summed E-state index contributed by atoms with van der Waals surface area (Å²) in [4.78, 5) is 25.6. The van der Waals surface area contributed by atoms with Crippen molar-refractivity contribution in [2.75, 3.05) is 53.6 Å². The fourth-order valence-corrected chi connectivity index (χ4v) is 2.80. The maximum atomic E-state index is 12.4. The minimum absolute atomic E-state index is 0.00844. The van der Waals surface area contributed by atoms with E-state index in [2.05, 4.69) is 0 Å². The van der Waals surface area contributed by atoms with E-state index >= 15 is 0 Å². The van der Waals surface area contributed by atoms with Gasteiger partial charge in [-0.15, -0.1) is 0 Å². The van der Waals surface area contributed by atoms with Gasteiger partial charge in [0.2, 0.25) is 0 Å². The molecule has 1 aliphatic heterocycles. The third kappa shape index (κ3) is 6.67. The lowest BCUT2D eigenvalue weighted by Crippen LogP contribution is -2.52. The van der Waals surface area contributed by atoms with E-state index in [0.29, 0.717) is 31.1 Å². The summed E-state index contributed by atoms with van der Waals surface area (Å²) >= 11 is 0. The van der Waals surface area contributed by atoms with Crippen LogP contribution in [0.25, 0.3) is 6.08 Å². The van der Waals surface area contributed by atoms with Gasteiger partial charge >= 0.3 is 18.1 Å². The van der Waals surface area contributed by atoms with Crippen molar-refractivity contribution in [3.63, 3.8) is 0 Å². The summed E-state index contributed by atoms with van der Waals surface area (Å²) in [6.07, 6.45) is -2.00. The molecule has 0 saturated carbocycles. The van der Waals surface area contributed by atoms with Gasteiger partial charge in [0.25, 0.3) is 0 Å². The van der Waals surface area contributed by atoms with Crippen molar-refractivity contribution in [2.45, 2.75) is 6.18 Å². The number of halogens is 3. The van der Waals surface area contributed by atoms with Gasteiger partial charge in [-0.25, -0.2) is 4.79 Å². The lowest BCUT2D eigenvalue weighted by Gasteiger charge is -2.34. The van der Waals surface area contributed by atoms with E-state index in [1.807, 2.05) is 4.90 Å². The van der Waals surface area contributed by atoms with Crippen molar-refractivity contribution in [1.29, 1.82) is 0 Å². The number of piperazine rings is 1. The van der Waals surface area contributed by atoms with Gasteiger partial charge in [0, 0.05) is 38.8 Å². The van der Waals surface area contributed by atoms with Crippen LogP contribution in [-0.4, -0.2) is 81.4 Å². The Labute approximate surface area is 166 Å². The second-order valence-electron chi connectivity index (χ2n) is 6.25. The largest absolute Gasteiger partial charge is 0.493 e. The van der Waals surface area contributed by atoms with Gasteiger partial charge in [0.1, 0.15) is 6.61 Å². The van der Waals surface area contributed by atoms with E-state index in [9.17, 15) is 22.8 Å². The van der Waals surface area contributed by atoms with E-state index in [1.54, 1.807) is 24.3 Å². The van der Waals surface area contributed by atoms with Crippen LogP contribution in [0.4, 0.5) is 13.2 Å². The molecule has 0 atom stereocenters. The molecule has 1 heterocycles. The van der Waals surface area contributed by atoms with E-state index in [-0.39, 0.29) is 19.7 Å². The van der Waals surface area contributed by atoms with Crippen LogP contribution in [0.1, 0.15) is 5.56 Å². The number of ether oxygens (including phenoxy) is 3. The summed E-state index contributed by atoms with van der Waals surface area (Å²) in [6, 6.07) is 5.18. The van der Waals surface area contributed by atoms with Crippen molar-refractivity contribution in [1.82, 2.24) is 9.80 Å². The molecule has 29 heavy (non-hydrogen) atoms. The number of hydrogen-bond donors (Lipinski definition) is 0. The Kier molecular flexibility index (Phi) is 7.89. The summed E-state index contributed by atoms with van der Waals surface area (Å²) in [5.74, 6) is -1.25. The number of alkyl halides is 3. The number of esters is 1. The highest BCUT2D eigenvalue weighted by atomic mass is 19.4. The molecule has 0 unspecified atom stereocenters. The number of rotatable bonds is 7. The lowest BCUT2D eigenvalue weighted by atomic mass is 10.2. The summed E-state index contributed by atoms with van der Waals surface area (Å²) in [5.41, 5.74) is 0.727. The zero-order valence-electron chi connectivity index (χ0n) is 16.2. The number of carbonyl (C=O) groups is 2. The molecule has 0 N–H and O–H groups in total. The predicted octanol–water partition coefficient (Wildman–Crippen LogP) is 1.97. The van der Waals surface area contributed by atoms with E-state index in [0.717, 1.165) is 10.5 Å². The molecule has 1 aliphatic rings. The Morgan fingerprint density at radius 1 is 1.07 bits per heavy atom. The average molecular weight is 416 g/mol. The molecule has 0 bridgehead atoms. The molecule has 7 nitrogen and oxygen atoms in total. The Bertz CT molecular complexity index is 744. The zero-order chi connectivity index (χ0) is 21.4. The number of methoxy groups -OCH3 is 2. The van der Waals surface area contributed by atoms with Crippen LogP contribution in [0.2, 0.25) is 0 Å². The average Bonchev–Trinajstić information content (AvgIpc) is 2.71. The first-order valence-electron chi connectivity index (χ1n) is 8.90. The Morgan fingerprint density at radius 2 is 1.72 bits per heavy atom. The molecule has 1 amide bonds. The van der Waals surface area contributed by atoms with Crippen LogP contribution in [0.3, 0.4) is 0 Å². The molecule has 10 heteroatoms. The van der Waals surface area contributed by atoms with Crippen molar-refractivity contribution >= 4 is 18.0 Å². The highest BCUT2D eigenvalue weighted by molar-refractivity contribution is 5.87. The quantitative estimate of drug-likeness (QED) is 0.500. The fourth-order valence-electron chi connectivity index (χ4n) is 2.80. The number of carbonyl (C=O) groups excluding carboxylic acids is 2. The molecule has 0 aliphatic carbocycles. The molecule has 160 valence electrons. The normalized spacial score (nSPS) is 15.4. The first-order valence-corrected chi connectivity index (χ1v) is 8.90.